The second kappa shape index (κ2) is 6.11. The van der Waals surface area contributed by atoms with E-state index in [1.165, 1.54) is 4.88 Å². The minimum atomic E-state index is 0.400. The van der Waals surface area contributed by atoms with E-state index >= 15 is 0 Å². The first-order chi connectivity index (χ1) is 6.72. The van der Waals surface area contributed by atoms with Crippen molar-refractivity contribution in [2.75, 3.05) is 13.2 Å². The van der Waals surface area contributed by atoms with Gasteiger partial charge in [0.15, 0.2) is 0 Å². The maximum Gasteiger partial charge on any atom is 0.0897 e. The van der Waals surface area contributed by atoms with Crippen molar-refractivity contribution in [3.63, 3.8) is 0 Å². The molecule has 1 unspecified atom stereocenters. The predicted octanol–water partition coefficient (Wildman–Crippen LogP) is 1.97. The van der Waals surface area contributed by atoms with Crippen LogP contribution < -0.4 is 5.32 Å². The summed E-state index contributed by atoms with van der Waals surface area (Å²) in [5.41, 5.74) is 0. The fourth-order valence-corrected chi connectivity index (χ4v) is 1.86. The summed E-state index contributed by atoms with van der Waals surface area (Å²) >= 11 is 1.74. The summed E-state index contributed by atoms with van der Waals surface area (Å²) in [6.07, 6.45) is 1.93. The van der Waals surface area contributed by atoms with Crippen LogP contribution in [0.15, 0.2) is 6.20 Å². The van der Waals surface area contributed by atoms with E-state index in [9.17, 15) is 0 Å². The normalized spacial score (nSPS) is 13.1. The monoisotopic (exact) mass is 214 g/mol. The molecule has 0 aromatic carbocycles. The first kappa shape index (κ1) is 11.6. The maximum atomic E-state index is 5.31. The number of nitrogens with one attached hydrogen (secondary N) is 1. The molecule has 14 heavy (non-hydrogen) atoms. The Kier molecular flexibility index (Phi) is 5.07. The molecule has 0 bridgehead atoms. The van der Waals surface area contributed by atoms with Crippen LogP contribution >= 0.6 is 11.3 Å². The highest BCUT2D eigenvalue weighted by atomic mass is 32.1. The zero-order valence-corrected chi connectivity index (χ0v) is 9.86. The predicted molar refractivity (Wildman–Crippen MR) is 59.6 cm³/mol. The van der Waals surface area contributed by atoms with Gasteiger partial charge in [0.05, 0.1) is 11.6 Å². The van der Waals surface area contributed by atoms with Gasteiger partial charge in [0.25, 0.3) is 0 Å². The van der Waals surface area contributed by atoms with Crippen molar-refractivity contribution in [3.8, 4) is 0 Å². The molecule has 0 aliphatic carbocycles. The van der Waals surface area contributed by atoms with Crippen LogP contribution in [-0.4, -0.2) is 24.2 Å². The van der Waals surface area contributed by atoms with Crippen LogP contribution in [0.5, 0.6) is 0 Å². The average Bonchev–Trinajstić information content (AvgIpc) is 2.58. The Balaban J connectivity index is 2.20. The van der Waals surface area contributed by atoms with Crippen molar-refractivity contribution in [2.45, 2.75) is 33.4 Å². The topological polar surface area (TPSA) is 34.1 Å². The Labute approximate surface area is 89.5 Å². The molecule has 0 aliphatic heterocycles. The van der Waals surface area contributed by atoms with Crippen molar-refractivity contribution in [3.05, 3.63) is 16.1 Å². The molecule has 1 N–H and O–H groups in total. The molecule has 1 aromatic rings. The number of nitrogens with zero attached hydrogens (tertiary/aromatic N) is 1. The highest BCUT2D eigenvalue weighted by Gasteiger charge is 2.02. The fourth-order valence-electron chi connectivity index (χ4n) is 1.12. The Hall–Kier alpha value is -0.450. The third-order valence-corrected chi connectivity index (χ3v) is 2.78. The molecule has 0 radical (unpaired) electrons. The molecule has 0 saturated carbocycles. The Morgan fingerprint density at radius 1 is 1.64 bits per heavy atom. The number of hydrogen-bond donors (Lipinski definition) is 1. The minimum Gasteiger partial charge on any atom is -0.380 e. The Bertz CT molecular complexity index is 262. The van der Waals surface area contributed by atoms with Gasteiger partial charge in [-0.3, -0.25) is 0 Å². The van der Waals surface area contributed by atoms with Gasteiger partial charge >= 0.3 is 0 Å². The molecule has 1 atom stereocenters. The van der Waals surface area contributed by atoms with Crippen LogP contribution in [0.3, 0.4) is 0 Å². The average molecular weight is 214 g/mol. The van der Waals surface area contributed by atoms with E-state index in [4.69, 9.17) is 4.74 Å². The molecule has 0 aliphatic rings. The number of aromatic nitrogens is 1. The molecular formula is C10H18N2OS. The molecular weight excluding hydrogens is 196 g/mol. The molecule has 3 nitrogen and oxygen atoms in total. The van der Waals surface area contributed by atoms with Crippen LogP contribution in [-0.2, 0) is 11.3 Å². The number of aryl methyl sites for hydroxylation is 1. The molecule has 0 amide bonds. The zero-order chi connectivity index (χ0) is 10.4. The molecule has 4 heteroatoms. The highest BCUT2D eigenvalue weighted by molar-refractivity contribution is 7.11. The van der Waals surface area contributed by atoms with Gasteiger partial charge in [-0.15, -0.1) is 11.3 Å². The van der Waals surface area contributed by atoms with Crippen LogP contribution in [0.25, 0.3) is 0 Å². The largest absolute Gasteiger partial charge is 0.380 e. The number of ether oxygens (including phenoxy) is 1. The highest BCUT2D eigenvalue weighted by Crippen LogP contribution is 2.10. The first-order valence-corrected chi connectivity index (χ1v) is 5.76. The van der Waals surface area contributed by atoms with Gasteiger partial charge in [0, 0.05) is 30.3 Å². The van der Waals surface area contributed by atoms with Crippen molar-refractivity contribution >= 4 is 11.3 Å². The quantitative estimate of drug-likeness (QED) is 0.786. The maximum absolute atomic E-state index is 5.31. The Morgan fingerprint density at radius 2 is 2.43 bits per heavy atom. The summed E-state index contributed by atoms with van der Waals surface area (Å²) in [5, 5.41) is 4.52. The van der Waals surface area contributed by atoms with E-state index < -0.39 is 0 Å². The van der Waals surface area contributed by atoms with E-state index in [-0.39, 0.29) is 0 Å². The van der Waals surface area contributed by atoms with Gasteiger partial charge in [-0.1, -0.05) is 0 Å². The lowest BCUT2D eigenvalue weighted by atomic mass is 10.3. The molecule has 0 fully saturated rings. The van der Waals surface area contributed by atoms with Crippen molar-refractivity contribution in [1.29, 1.82) is 0 Å². The van der Waals surface area contributed by atoms with E-state index in [1.54, 1.807) is 11.3 Å². The van der Waals surface area contributed by atoms with Gasteiger partial charge in [0.2, 0.25) is 0 Å². The fraction of sp³-hybridized carbons (Fsp3) is 0.700. The summed E-state index contributed by atoms with van der Waals surface area (Å²) in [4.78, 5) is 5.49. The van der Waals surface area contributed by atoms with E-state index in [0.29, 0.717) is 6.04 Å². The summed E-state index contributed by atoms with van der Waals surface area (Å²) < 4.78 is 5.31. The van der Waals surface area contributed by atoms with Crippen molar-refractivity contribution in [1.82, 2.24) is 10.3 Å². The minimum absolute atomic E-state index is 0.400. The second-order valence-electron chi connectivity index (χ2n) is 3.29. The number of hydrogen-bond acceptors (Lipinski definition) is 4. The number of thiazole rings is 1. The zero-order valence-electron chi connectivity index (χ0n) is 9.04. The van der Waals surface area contributed by atoms with Crippen LogP contribution in [0.2, 0.25) is 0 Å². The number of rotatable bonds is 6. The van der Waals surface area contributed by atoms with Crippen LogP contribution in [0, 0.1) is 6.92 Å². The molecule has 1 rings (SSSR count). The van der Waals surface area contributed by atoms with E-state index in [1.807, 2.05) is 20.0 Å². The van der Waals surface area contributed by atoms with Crippen LogP contribution in [0.4, 0.5) is 0 Å². The second-order valence-corrected chi connectivity index (χ2v) is 4.61. The third-order valence-electron chi connectivity index (χ3n) is 1.87. The molecule has 80 valence electrons. The van der Waals surface area contributed by atoms with E-state index in [0.717, 1.165) is 24.8 Å². The van der Waals surface area contributed by atoms with Gasteiger partial charge in [0.1, 0.15) is 0 Å². The Morgan fingerprint density at radius 3 is 3.00 bits per heavy atom. The molecule has 0 saturated heterocycles. The van der Waals surface area contributed by atoms with Crippen molar-refractivity contribution < 1.29 is 4.74 Å². The van der Waals surface area contributed by atoms with Crippen molar-refractivity contribution in [2.24, 2.45) is 0 Å². The first-order valence-electron chi connectivity index (χ1n) is 4.94. The van der Waals surface area contributed by atoms with Gasteiger partial charge in [-0.2, -0.15) is 0 Å². The van der Waals surface area contributed by atoms with Gasteiger partial charge in [-0.25, -0.2) is 4.98 Å². The smallest absolute Gasteiger partial charge is 0.0897 e. The molecule has 0 spiro atoms. The summed E-state index contributed by atoms with van der Waals surface area (Å²) in [7, 11) is 0. The molecule has 1 aromatic heterocycles. The summed E-state index contributed by atoms with van der Waals surface area (Å²) in [5.74, 6) is 0. The molecule has 1 heterocycles. The lowest BCUT2D eigenvalue weighted by Crippen LogP contribution is -2.29. The van der Waals surface area contributed by atoms with Crippen LogP contribution in [0.1, 0.15) is 23.7 Å². The van der Waals surface area contributed by atoms with Gasteiger partial charge in [-0.05, 0) is 20.8 Å². The lowest BCUT2D eigenvalue weighted by Gasteiger charge is -2.12. The van der Waals surface area contributed by atoms with E-state index in [2.05, 4.69) is 17.2 Å². The standard InChI is InChI=1S/C10H18N2OS/c1-4-13-7-8(2)11-5-10-6-12-9(3)14-10/h6,8,11H,4-5,7H2,1-3H3. The summed E-state index contributed by atoms with van der Waals surface area (Å²) in [6.45, 7) is 8.61. The third kappa shape index (κ3) is 4.17. The van der Waals surface area contributed by atoms with Gasteiger partial charge < -0.3 is 10.1 Å². The summed E-state index contributed by atoms with van der Waals surface area (Å²) in [6, 6.07) is 0.400. The SMILES string of the molecule is CCOCC(C)NCc1cnc(C)s1. The lowest BCUT2D eigenvalue weighted by molar-refractivity contribution is 0.127.